The van der Waals surface area contributed by atoms with E-state index in [9.17, 15) is 4.79 Å². The van der Waals surface area contributed by atoms with Crippen molar-refractivity contribution in [2.75, 3.05) is 13.1 Å². The van der Waals surface area contributed by atoms with E-state index in [0.717, 1.165) is 45.3 Å². The maximum atomic E-state index is 12.6. The molecule has 2 aromatic rings. The quantitative estimate of drug-likeness (QED) is 0.922. The fourth-order valence-corrected chi connectivity index (χ4v) is 4.42. The maximum Gasteiger partial charge on any atom is 0.240 e. The van der Waals surface area contributed by atoms with Crippen molar-refractivity contribution in [1.29, 1.82) is 0 Å². The molecule has 0 saturated carbocycles. The summed E-state index contributed by atoms with van der Waals surface area (Å²) in [5, 5.41) is 5.75. The van der Waals surface area contributed by atoms with E-state index in [0.29, 0.717) is 0 Å². The fraction of sp³-hybridized carbons (Fsp3) is 0.450. The van der Waals surface area contributed by atoms with Crippen molar-refractivity contribution < 1.29 is 4.79 Å². The molecule has 2 aromatic carbocycles. The van der Waals surface area contributed by atoms with Gasteiger partial charge < -0.3 is 5.32 Å². The number of aryl methyl sites for hydroxylation is 1. The number of amides is 1. The molecule has 0 radical (unpaired) electrons. The monoisotopic (exact) mass is 308 g/mol. The van der Waals surface area contributed by atoms with Gasteiger partial charge in [0.25, 0.3) is 0 Å². The molecule has 1 spiro atoms. The standard InChI is InChI=1S/C20H24N2O/c1-15-8-9-16(18-7-3-2-6-17(15)18)14-22-13-5-11-20(22)10-4-12-21-19(20)23/h2-3,6-9H,4-5,10-14H2,1H3,(H,21,23). The molecule has 4 rings (SSSR count). The molecule has 2 aliphatic heterocycles. The Morgan fingerprint density at radius 2 is 1.87 bits per heavy atom. The molecular formula is C20H24N2O. The van der Waals surface area contributed by atoms with Crippen molar-refractivity contribution in [2.24, 2.45) is 0 Å². The van der Waals surface area contributed by atoms with Crippen LogP contribution in [0.5, 0.6) is 0 Å². The lowest BCUT2D eigenvalue weighted by Gasteiger charge is -2.40. The average Bonchev–Trinajstić information content (AvgIpc) is 2.97. The van der Waals surface area contributed by atoms with Gasteiger partial charge in [-0.05, 0) is 61.1 Å². The molecule has 2 saturated heterocycles. The summed E-state index contributed by atoms with van der Waals surface area (Å²) < 4.78 is 0. The SMILES string of the molecule is Cc1ccc(CN2CCCC23CCCNC3=O)c2ccccc12. The van der Waals surface area contributed by atoms with Gasteiger partial charge in [-0.25, -0.2) is 0 Å². The summed E-state index contributed by atoms with van der Waals surface area (Å²) in [7, 11) is 0. The van der Waals surface area contributed by atoms with E-state index < -0.39 is 0 Å². The highest BCUT2D eigenvalue weighted by Gasteiger charge is 2.48. The number of benzene rings is 2. The minimum Gasteiger partial charge on any atom is -0.354 e. The molecule has 0 aliphatic carbocycles. The van der Waals surface area contributed by atoms with Crippen molar-refractivity contribution >= 4 is 16.7 Å². The molecule has 2 aliphatic rings. The van der Waals surface area contributed by atoms with Gasteiger partial charge in [0.05, 0.1) is 0 Å². The van der Waals surface area contributed by atoms with Gasteiger partial charge in [0.15, 0.2) is 0 Å². The normalized spacial score (nSPS) is 25.2. The molecule has 1 unspecified atom stereocenters. The Morgan fingerprint density at radius 1 is 1.09 bits per heavy atom. The Kier molecular flexibility index (Phi) is 3.61. The second-order valence-corrected chi connectivity index (χ2v) is 7.00. The van der Waals surface area contributed by atoms with Crippen LogP contribution in [0.2, 0.25) is 0 Å². The van der Waals surface area contributed by atoms with Crippen molar-refractivity contribution in [2.45, 2.75) is 44.7 Å². The minimum absolute atomic E-state index is 0.248. The summed E-state index contributed by atoms with van der Waals surface area (Å²) in [5.74, 6) is 0.248. The molecule has 1 amide bonds. The number of hydrogen-bond acceptors (Lipinski definition) is 2. The van der Waals surface area contributed by atoms with Crippen LogP contribution in [0.15, 0.2) is 36.4 Å². The minimum atomic E-state index is -0.260. The fourth-order valence-electron chi connectivity index (χ4n) is 4.42. The van der Waals surface area contributed by atoms with Crippen molar-refractivity contribution in [3.05, 3.63) is 47.5 Å². The first kappa shape index (κ1) is 14.7. The number of nitrogens with one attached hydrogen (secondary N) is 1. The number of fused-ring (bicyclic) bond motifs is 1. The van der Waals surface area contributed by atoms with Crippen LogP contribution in [0.3, 0.4) is 0 Å². The van der Waals surface area contributed by atoms with Gasteiger partial charge in [0, 0.05) is 13.1 Å². The summed E-state index contributed by atoms with van der Waals surface area (Å²) in [6, 6.07) is 13.1. The molecule has 0 bridgehead atoms. The summed E-state index contributed by atoms with van der Waals surface area (Å²) >= 11 is 0. The highest BCUT2D eigenvalue weighted by atomic mass is 16.2. The molecule has 3 heteroatoms. The first-order valence-corrected chi connectivity index (χ1v) is 8.71. The Balaban J connectivity index is 1.70. The van der Waals surface area contributed by atoms with Crippen molar-refractivity contribution in [1.82, 2.24) is 10.2 Å². The van der Waals surface area contributed by atoms with Gasteiger partial charge in [-0.3, -0.25) is 9.69 Å². The van der Waals surface area contributed by atoms with Crippen LogP contribution >= 0.6 is 0 Å². The van der Waals surface area contributed by atoms with Gasteiger partial charge in [-0.2, -0.15) is 0 Å². The van der Waals surface area contributed by atoms with E-state index in [2.05, 4.69) is 53.5 Å². The molecule has 120 valence electrons. The second-order valence-electron chi connectivity index (χ2n) is 7.00. The zero-order valence-corrected chi connectivity index (χ0v) is 13.8. The highest BCUT2D eigenvalue weighted by molar-refractivity contribution is 5.89. The number of nitrogens with zero attached hydrogens (tertiary/aromatic N) is 1. The lowest BCUT2D eigenvalue weighted by atomic mass is 9.86. The molecular weight excluding hydrogens is 284 g/mol. The van der Waals surface area contributed by atoms with Crippen LogP contribution in [-0.2, 0) is 11.3 Å². The number of likely N-dealkylation sites (tertiary alicyclic amines) is 1. The van der Waals surface area contributed by atoms with Crippen LogP contribution < -0.4 is 5.32 Å². The summed E-state index contributed by atoms with van der Waals surface area (Å²) in [4.78, 5) is 15.0. The van der Waals surface area contributed by atoms with Crippen LogP contribution in [0.4, 0.5) is 0 Å². The Hall–Kier alpha value is -1.87. The van der Waals surface area contributed by atoms with Crippen LogP contribution in [-0.4, -0.2) is 29.4 Å². The average molecular weight is 308 g/mol. The maximum absolute atomic E-state index is 12.6. The second kappa shape index (κ2) is 5.64. The largest absolute Gasteiger partial charge is 0.354 e. The number of hydrogen-bond donors (Lipinski definition) is 1. The van der Waals surface area contributed by atoms with E-state index in [-0.39, 0.29) is 11.4 Å². The van der Waals surface area contributed by atoms with Gasteiger partial charge in [0.2, 0.25) is 5.91 Å². The van der Waals surface area contributed by atoms with Crippen LogP contribution in [0.1, 0.15) is 36.8 Å². The molecule has 1 atom stereocenters. The summed E-state index contributed by atoms with van der Waals surface area (Å²) in [5.41, 5.74) is 2.39. The number of carbonyl (C=O) groups is 1. The lowest BCUT2D eigenvalue weighted by molar-refractivity contribution is -0.134. The third-order valence-electron chi connectivity index (χ3n) is 5.69. The Labute approximate surface area is 137 Å². The molecule has 1 N–H and O–H groups in total. The Morgan fingerprint density at radius 3 is 2.70 bits per heavy atom. The van der Waals surface area contributed by atoms with Gasteiger partial charge in [-0.15, -0.1) is 0 Å². The topological polar surface area (TPSA) is 32.3 Å². The molecule has 2 fully saturated rings. The summed E-state index contributed by atoms with van der Waals surface area (Å²) in [6.45, 7) is 4.89. The lowest BCUT2D eigenvalue weighted by Crippen LogP contribution is -2.58. The summed E-state index contributed by atoms with van der Waals surface area (Å²) in [6.07, 6.45) is 4.22. The molecule has 0 aromatic heterocycles. The molecule has 3 nitrogen and oxygen atoms in total. The van der Waals surface area contributed by atoms with E-state index in [4.69, 9.17) is 0 Å². The van der Waals surface area contributed by atoms with Crippen molar-refractivity contribution in [3.8, 4) is 0 Å². The number of carbonyl (C=O) groups excluding carboxylic acids is 1. The third kappa shape index (κ3) is 2.34. The first-order chi connectivity index (χ1) is 11.2. The van der Waals surface area contributed by atoms with E-state index in [1.54, 1.807) is 0 Å². The van der Waals surface area contributed by atoms with Crippen molar-refractivity contribution in [3.63, 3.8) is 0 Å². The van der Waals surface area contributed by atoms with Gasteiger partial charge in [0.1, 0.15) is 5.54 Å². The van der Waals surface area contributed by atoms with E-state index in [1.165, 1.54) is 21.9 Å². The van der Waals surface area contributed by atoms with Crippen LogP contribution in [0, 0.1) is 6.92 Å². The smallest absolute Gasteiger partial charge is 0.240 e. The highest BCUT2D eigenvalue weighted by Crippen LogP contribution is 2.37. The van der Waals surface area contributed by atoms with E-state index in [1.807, 2.05) is 0 Å². The molecule has 2 heterocycles. The first-order valence-electron chi connectivity index (χ1n) is 8.71. The predicted molar refractivity (Wildman–Crippen MR) is 93.3 cm³/mol. The third-order valence-corrected chi connectivity index (χ3v) is 5.69. The zero-order valence-electron chi connectivity index (χ0n) is 13.8. The predicted octanol–water partition coefficient (Wildman–Crippen LogP) is 3.39. The number of rotatable bonds is 2. The number of piperidine rings is 1. The zero-order chi connectivity index (χ0) is 15.9. The van der Waals surface area contributed by atoms with Gasteiger partial charge >= 0.3 is 0 Å². The Bertz CT molecular complexity index is 754. The van der Waals surface area contributed by atoms with Gasteiger partial charge in [-0.1, -0.05) is 36.4 Å². The molecule has 23 heavy (non-hydrogen) atoms. The van der Waals surface area contributed by atoms with Crippen LogP contribution in [0.25, 0.3) is 10.8 Å². The van der Waals surface area contributed by atoms with E-state index >= 15 is 0 Å².